The van der Waals surface area contributed by atoms with Gasteiger partial charge in [-0.1, -0.05) is 0 Å². The van der Waals surface area contributed by atoms with Crippen LogP contribution in [-0.4, -0.2) is 37.5 Å². The van der Waals surface area contributed by atoms with Crippen molar-refractivity contribution in [2.45, 2.75) is 31.9 Å². The zero-order valence-corrected chi connectivity index (χ0v) is 16.4. The van der Waals surface area contributed by atoms with E-state index < -0.39 is 17.2 Å². The van der Waals surface area contributed by atoms with Gasteiger partial charge in [0.25, 0.3) is 6.02 Å². The number of carbonyl (C=O) groups excluding carboxylic acids is 1. The van der Waals surface area contributed by atoms with Gasteiger partial charge in [-0.2, -0.15) is 0 Å². The van der Waals surface area contributed by atoms with E-state index in [4.69, 9.17) is 14.2 Å². The lowest BCUT2D eigenvalue weighted by atomic mass is 9.80. The highest BCUT2D eigenvalue weighted by Gasteiger charge is 2.50. The van der Waals surface area contributed by atoms with Gasteiger partial charge in [0.15, 0.2) is 0 Å². The van der Waals surface area contributed by atoms with Crippen molar-refractivity contribution in [3.05, 3.63) is 33.1 Å². The number of carbonyl (C=O) groups is 1. The molecule has 0 aliphatic carbocycles. The minimum atomic E-state index is -0.909. The maximum atomic E-state index is 14.5. The van der Waals surface area contributed by atoms with Crippen molar-refractivity contribution in [1.29, 1.82) is 0 Å². The molecule has 0 radical (unpaired) electrons. The zero-order chi connectivity index (χ0) is 18.2. The van der Waals surface area contributed by atoms with Crippen molar-refractivity contribution >= 4 is 34.7 Å². The summed E-state index contributed by atoms with van der Waals surface area (Å²) in [5, 5.41) is 2.50. The second-order valence-corrected chi connectivity index (χ2v) is 8.36. The van der Waals surface area contributed by atoms with Crippen LogP contribution in [0.1, 0.15) is 26.3 Å². The Morgan fingerprint density at radius 2 is 2.20 bits per heavy atom. The number of nitrogens with zero attached hydrogens (tertiary/aromatic N) is 1. The third-order valence-electron chi connectivity index (χ3n) is 4.04. The average molecular weight is 462 g/mol. The molecule has 3 rings (SSSR count). The summed E-state index contributed by atoms with van der Waals surface area (Å²) in [6.07, 6.45) is -0.665. The molecule has 25 heavy (non-hydrogen) atoms. The third kappa shape index (κ3) is 3.89. The Labute approximate surface area is 159 Å². The van der Waals surface area contributed by atoms with Gasteiger partial charge in [0.05, 0.1) is 19.8 Å². The predicted octanol–water partition coefficient (Wildman–Crippen LogP) is 3.18. The van der Waals surface area contributed by atoms with Crippen molar-refractivity contribution in [1.82, 2.24) is 5.32 Å². The van der Waals surface area contributed by atoms with Gasteiger partial charge in [0.1, 0.15) is 17.0 Å². The monoisotopic (exact) mass is 462 g/mol. The highest BCUT2D eigenvalue weighted by molar-refractivity contribution is 14.1. The first-order chi connectivity index (χ1) is 11.7. The summed E-state index contributed by atoms with van der Waals surface area (Å²) in [4.78, 5) is 16.5. The SMILES string of the molecule is CC(C)(C)OC(=O)NC1=NC2(c3cc(I)ccc3F)COCC2CO1. The van der Waals surface area contributed by atoms with Crippen LogP contribution < -0.4 is 5.32 Å². The molecule has 1 aromatic carbocycles. The van der Waals surface area contributed by atoms with E-state index in [1.165, 1.54) is 6.07 Å². The Balaban J connectivity index is 1.93. The molecule has 2 aliphatic heterocycles. The van der Waals surface area contributed by atoms with E-state index in [2.05, 4.69) is 32.9 Å². The zero-order valence-electron chi connectivity index (χ0n) is 14.3. The van der Waals surface area contributed by atoms with Crippen LogP contribution in [0.15, 0.2) is 23.2 Å². The third-order valence-corrected chi connectivity index (χ3v) is 4.71. The standard InChI is InChI=1S/C17H20FIN2O4/c1-16(2,3)25-15(22)20-14-21-17(9-23-7-10(17)8-24-14)12-6-11(19)4-5-13(12)18/h4-6,10H,7-9H2,1-3H3,(H,20,21,22). The topological polar surface area (TPSA) is 69.2 Å². The number of aliphatic imine (C=N–C) groups is 1. The normalized spacial score (nSPS) is 25.6. The molecule has 1 N–H and O–H groups in total. The van der Waals surface area contributed by atoms with Gasteiger partial charge >= 0.3 is 6.09 Å². The van der Waals surface area contributed by atoms with Gasteiger partial charge in [0, 0.05) is 15.1 Å². The van der Waals surface area contributed by atoms with Crippen LogP contribution in [0.3, 0.4) is 0 Å². The molecule has 1 fully saturated rings. The summed E-state index contributed by atoms with van der Waals surface area (Å²) >= 11 is 2.13. The molecule has 2 heterocycles. The molecule has 1 amide bonds. The number of amides is 1. The molecule has 2 aliphatic rings. The van der Waals surface area contributed by atoms with Crippen LogP contribution >= 0.6 is 22.6 Å². The molecule has 0 bridgehead atoms. The Morgan fingerprint density at radius 3 is 2.92 bits per heavy atom. The quantitative estimate of drug-likeness (QED) is 0.652. The number of hydrogen-bond donors (Lipinski definition) is 1. The summed E-state index contributed by atoms with van der Waals surface area (Å²) in [7, 11) is 0. The van der Waals surface area contributed by atoms with E-state index in [9.17, 15) is 9.18 Å². The molecule has 6 nitrogen and oxygen atoms in total. The number of benzene rings is 1. The molecule has 0 saturated carbocycles. The second-order valence-electron chi connectivity index (χ2n) is 7.12. The van der Waals surface area contributed by atoms with Crippen LogP contribution in [0.2, 0.25) is 0 Å². The van der Waals surface area contributed by atoms with Gasteiger partial charge in [-0.25, -0.2) is 19.5 Å². The van der Waals surface area contributed by atoms with E-state index in [0.717, 1.165) is 3.57 Å². The number of halogens is 2. The highest BCUT2D eigenvalue weighted by atomic mass is 127. The Bertz CT molecular complexity index is 719. The van der Waals surface area contributed by atoms with Crippen LogP contribution in [-0.2, 0) is 19.7 Å². The lowest BCUT2D eigenvalue weighted by Gasteiger charge is -2.35. The Kier molecular flexibility index (Phi) is 4.93. The van der Waals surface area contributed by atoms with Gasteiger partial charge < -0.3 is 14.2 Å². The molecular weight excluding hydrogens is 442 g/mol. The first-order valence-corrected chi connectivity index (χ1v) is 9.03. The van der Waals surface area contributed by atoms with E-state index in [1.54, 1.807) is 32.9 Å². The van der Waals surface area contributed by atoms with Crippen LogP contribution in [0, 0.1) is 15.3 Å². The fraction of sp³-hybridized carbons (Fsp3) is 0.529. The highest BCUT2D eigenvalue weighted by Crippen LogP contribution is 2.43. The largest absolute Gasteiger partial charge is 0.464 e. The predicted molar refractivity (Wildman–Crippen MR) is 97.9 cm³/mol. The molecule has 136 valence electrons. The molecule has 8 heteroatoms. The van der Waals surface area contributed by atoms with Crippen LogP contribution in [0.4, 0.5) is 9.18 Å². The first kappa shape index (κ1) is 18.4. The molecule has 2 unspecified atom stereocenters. The Morgan fingerprint density at radius 1 is 1.44 bits per heavy atom. The smallest absolute Gasteiger partial charge is 0.415 e. The molecular formula is C17H20FIN2O4. The Hall–Kier alpha value is -1.42. The number of rotatable bonds is 1. The number of fused-ring (bicyclic) bond motifs is 1. The van der Waals surface area contributed by atoms with E-state index >= 15 is 0 Å². The van der Waals surface area contributed by atoms with E-state index in [1.807, 2.05) is 0 Å². The summed E-state index contributed by atoms with van der Waals surface area (Å²) in [6.45, 7) is 6.23. The number of hydrogen-bond acceptors (Lipinski definition) is 5. The van der Waals surface area contributed by atoms with Gasteiger partial charge in [-0.15, -0.1) is 0 Å². The van der Waals surface area contributed by atoms with Crippen molar-refractivity contribution in [2.75, 3.05) is 19.8 Å². The first-order valence-electron chi connectivity index (χ1n) is 7.95. The number of ether oxygens (including phenoxy) is 3. The number of amidine groups is 1. The van der Waals surface area contributed by atoms with Crippen LogP contribution in [0.5, 0.6) is 0 Å². The molecule has 2 atom stereocenters. The van der Waals surface area contributed by atoms with Crippen molar-refractivity contribution in [3.63, 3.8) is 0 Å². The van der Waals surface area contributed by atoms with E-state index in [0.29, 0.717) is 12.2 Å². The number of alkyl carbamates (subject to hydrolysis) is 1. The fourth-order valence-corrected chi connectivity index (χ4v) is 3.45. The van der Waals surface area contributed by atoms with Gasteiger partial charge in [-0.3, -0.25) is 0 Å². The molecule has 0 aromatic heterocycles. The van der Waals surface area contributed by atoms with Crippen molar-refractivity contribution < 1.29 is 23.4 Å². The molecule has 1 saturated heterocycles. The lowest BCUT2D eigenvalue weighted by molar-refractivity contribution is 0.0534. The van der Waals surface area contributed by atoms with E-state index in [-0.39, 0.29) is 31.0 Å². The van der Waals surface area contributed by atoms with Gasteiger partial charge in [0.2, 0.25) is 0 Å². The minimum absolute atomic E-state index is 0.0225. The van der Waals surface area contributed by atoms with Crippen molar-refractivity contribution in [2.24, 2.45) is 10.9 Å². The maximum Gasteiger partial charge on any atom is 0.415 e. The molecule has 0 spiro atoms. The summed E-state index contributed by atoms with van der Waals surface area (Å²) in [5.41, 5.74) is -1.10. The maximum absolute atomic E-state index is 14.5. The van der Waals surface area contributed by atoms with Crippen LogP contribution in [0.25, 0.3) is 0 Å². The number of nitrogens with one attached hydrogen (secondary N) is 1. The average Bonchev–Trinajstić information content (AvgIpc) is 2.91. The summed E-state index contributed by atoms with van der Waals surface area (Å²) in [6, 6.07) is 4.91. The van der Waals surface area contributed by atoms with Gasteiger partial charge in [-0.05, 0) is 61.6 Å². The van der Waals surface area contributed by atoms with Crippen molar-refractivity contribution in [3.8, 4) is 0 Å². The molecule has 1 aromatic rings. The second kappa shape index (κ2) is 6.71. The minimum Gasteiger partial charge on any atom is -0.464 e. The summed E-state index contributed by atoms with van der Waals surface area (Å²) < 4.78 is 31.7. The lowest BCUT2D eigenvalue weighted by Crippen LogP contribution is -2.47. The summed E-state index contributed by atoms with van der Waals surface area (Å²) in [5.74, 6) is -0.470. The fourth-order valence-electron chi connectivity index (χ4n) is 2.96.